The first-order chi connectivity index (χ1) is 9.93. The van der Waals surface area contributed by atoms with Gasteiger partial charge in [0.1, 0.15) is 11.8 Å². The Hall–Kier alpha value is -1.56. The molecule has 2 atom stereocenters. The number of carbonyl (C=O) groups excluding carboxylic acids is 1. The summed E-state index contributed by atoms with van der Waals surface area (Å²) < 4.78 is 6.38. The molecule has 2 N–H and O–H groups in total. The molecule has 5 nitrogen and oxygen atoms in total. The number of halogens is 1. The van der Waals surface area contributed by atoms with Crippen molar-refractivity contribution in [1.29, 1.82) is 0 Å². The molecule has 0 radical (unpaired) electrons. The summed E-state index contributed by atoms with van der Waals surface area (Å²) in [4.78, 5) is 22.9. The van der Waals surface area contributed by atoms with Crippen LogP contribution in [0.15, 0.2) is 28.7 Å². The van der Waals surface area contributed by atoms with E-state index in [1.165, 1.54) is 0 Å². The summed E-state index contributed by atoms with van der Waals surface area (Å²) in [6, 6.07) is 6.43. The zero-order chi connectivity index (χ0) is 15.8. The molecular weight excluding hydrogens is 338 g/mol. The summed E-state index contributed by atoms with van der Waals surface area (Å²) in [5.41, 5.74) is 0. The van der Waals surface area contributed by atoms with Gasteiger partial charge in [-0.25, -0.2) is 4.79 Å². The van der Waals surface area contributed by atoms with Crippen molar-refractivity contribution in [3.63, 3.8) is 0 Å². The van der Waals surface area contributed by atoms with E-state index in [9.17, 15) is 9.59 Å². The van der Waals surface area contributed by atoms with E-state index in [2.05, 4.69) is 21.2 Å². The highest BCUT2D eigenvalue weighted by Gasteiger charge is 2.24. The van der Waals surface area contributed by atoms with Crippen LogP contribution < -0.4 is 10.1 Å². The normalized spacial score (nSPS) is 13.3. The maximum absolute atomic E-state index is 11.8. The third kappa shape index (κ3) is 6.16. The van der Waals surface area contributed by atoms with Gasteiger partial charge in [0.2, 0.25) is 5.91 Å². The van der Waals surface area contributed by atoms with Crippen molar-refractivity contribution >= 4 is 27.8 Å². The van der Waals surface area contributed by atoms with Crippen LogP contribution in [0.25, 0.3) is 0 Å². The SMILES string of the molecule is CCC(C)C(NC(=O)CCOc1ccc(Br)cc1)C(=O)O. The standard InChI is InChI=1S/C15H20BrNO4/c1-3-10(2)14(15(19)20)17-13(18)8-9-21-12-6-4-11(16)5-7-12/h4-7,10,14H,3,8-9H2,1-2H3,(H,17,18)(H,19,20). The smallest absolute Gasteiger partial charge is 0.326 e. The lowest BCUT2D eigenvalue weighted by Crippen LogP contribution is -2.45. The number of rotatable bonds is 8. The molecule has 1 aromatic carbocycles. The van der Waals surface area contributed by atoms with Crippen LogP contribution in [0, 0.1) is 5.92 Å². The zero-order valence-corrected chi connectivity index (χ0v) is 13.7. The summed E-state index contributed by atoms with van der Waals surface area (Å²) in [5.74, 6) is -0.770. The van der Waals surface area contributed by atoms with Gasteiger partial charge in [0.15, 0.2) is 0 Å². The fourth-order valence-electron chi connectivity index (χ4n) is 1.72. The number of carboxylic acid groups (broad SMARTS) is 1. The minimum absolute atomic E-state index is 0.112. The average Bonchev–Trinajstić information content (AvgIpc) is 2.45. The lowest BCUT2D eigenvalue weighted by Gasteiger charge is -2.20. The van der Waals surface area contributed by atoms with Gasteiger partial charge in [-0.2, -0.15) is 0 Å². The zero-order valence-electron chi connectivity index (χ0n) is 12.1. The Morgan fingerprint density at radius 3 is 2.48 bits per heavy atom. The fraction of sp³-hybridized carbons (Fsp3) is 0.467. The number of amides is 1. The molecule has 0 aromatic heterocycles. The summed E-state index contributed by atoms with van der Waals surface area (Å²) in [6.07, 6.45) is 0.808. The molecule has 0 heterocycles. The van der Waals surface area contributed by atoms with Crippen LogP contribution >= 0.6 is 15.9 Å². The molecule has 0 aliphatic carbocycles. The second kappa shape index (κ2) is 8.67. The molecular formula is C15H20BrNO4. The minimum Gasteiger partial charge on any atom is -0.493 e. The molecule has 0 bridgehead atoms. The fourth-order valence-corrected chi connectivity index (χ4v) is 1.99. The third-order valence-electron chi connectivity index (χ3n) is 3.21. The summed E-state index contributed by atoms with van der Waals surface area (Å²) in [6.45, 7) is 3.90. The van der Waals surface area contributed by atoms with E-state index in [0.717, 1.165) is 4.47 Å². The van der Waals surface area contributed by atoms with E-state index in [4.69, 9.17) is 9.84 Å². The molecule has 0 aliphatic rings. The third-order valence-corrected chi connectivity index (χ3v) is 3.74. The summed E-state index contributed by atoms with van der Waals surface area (Å²) >= 11 is 3.32. The molecule has 6 heteroatoms. The van der Waals surface area contributed by atoms with Crippen molar-refractivity contribution in [1.82, 2.24) is 5.32 Å². The number of carboxylic acids is 1. The van der Waals surface area contributed by atoms with Gasteiger partial charge in [0.25, 0.3) is 0 Å². The molecule has 0 aliphatic heterocycles. The molecule has 1 aromatic rings. The number of benzene rings is 1. The Morgan fingerprint density at radius 1 is 1.33 bits per heavy atom. The minimum atomic E-state index is -1.01. The van der Waals surface area contributed by atoms with Crippen LogP contribution in [0.3, 0.4) is 0 Å². The maximum Gasteiger partial charge on any atom is 0.326 e. The summed E-state index contributed by atoms with van der Waals surface area (Å²) in [7, 11) is 0. The van der Waals surface area contributed by atoms with Gasteiger partial charge in [0, 0.05) is 4.47 Å². The van der Waals surface area contributed by atoms with Crippen molar-refractivity contribution in [3.05, 3.63) is 28.7 Å². The first-order valence-electron chi connectivity index (χ1n) is 6.84. The van der Waals surface area contributed by atoms with Crippen LogP contribution in [-0.4, -0.2) is 29.6 Å². The quantitative estimate of drug-likeness (QED) is 0.749. The Kier molecular flexibility index (Phi) is 7.22. The van der Waals surface area contributed by atoms with Crippen LogP contribution in [-0.2, 0) is 9.59 Å². The highest BCUT2D eigenvalue weighted by Crippen LogP contribution is 2.16. The van der Waals surface area contributed by atoms with Gasteiger partial charge in [-0.1, -0.05) is 36.2 Å². The molecule has 0 saturated carbocycles. The first kappa shape index (κ1) is 17.5. The predicted molar refractivity (Wildman–Crippen MR) is 83.3 cm³/mol. The van der Waals surface area contributed by atoms with Gasteiger partial charge < -0.3 is 15.2 Å². The number of aliphatic carboxylic acids is 1. The van der Waals surface area contributed by atoms with Crippen molar-refractivity contribution in [2.45, 2.75) is 32.7 Å². The van der Waals surface area contributed by atoms with E-state index in [1.54, 1.807) is 19.1 Å². The number of nitrogens with one attached hydrogen (secondary N) is 1. The highest BCUT2D eigenvalue weighted by molar-refractivity contribution is 9.10. The molecule has 21 heavy (non-hydrogen) atoms. The molecule has 0 saturated heterocycles. The number of ether oxygens (including phenoxy) is 1. The second-order valence-corrected chi connectivity index (χ2v) is 5.74. The van der Waals surface area contributed by atoms with E-state index in [1.807, 2.05) is 19.1 Å². The topological polar surface area (TPSA) is 75.6 Å². The molecule has 1 rings (SSSR count). The van der Waals surface area contributed by atoms with Crippen molar-refractivity contribution in [2.75, 3.05) is 6.61 Å². The van der Waals surface area contributed by atoms with Gasteiger partial charge in [0.05, 0.1) is 13.0 Å². The lowest BCUT2D eigenvalue weighted by molar-refractivity contribution is -0.143. The molecule has 2 unspecified atom stereocenters. The predicted octanol–water partition coefficient (Wildman–Crippen LogP) is 2.83. The van der Waals surface area contributed by atoms with Gasteiger partial charge >= 0.3 is 5.97 Å². The van der Waals surface area contributed by atoms with Crippen LogP contribution in [0.1, 0.15) is 26.7 Å². The van der Waals surface area contributed by atoms with E-state index in [0.29, 0.717) is 12.2 Å². The van der Waals surface area contributed by atoms with Gasteiger partial charge in [-0.05, 0) is 30.2 Å². The van der Waals surface area contributed by atoms with Gasteiger partial charge in [-0.3, -0.25) is 4.79 Å². The Balaban J connectivity index is 2.39. The van der Waals surface area contributed by atoms with Crippen molar-refractivity contribution in [3.8, 4) is 5.75 Å². The van der Waals surface area contributed by atoms with Crippen LogP contribution in [0.5, 0.6) is 5.75 Å². The average molecular weight is 358 g/mol. The number of hydrogen-bond donors (Lipinski definition) is 2. The second-order valence-electron chi connectivity index (χ2n) is 4.82. The van der Waals surface area contributed by atoms with E-state index < -0.39 is 12.0 Å². The molecule has 0 fully saturated rings. The molecule has 116 valence electrons. The number of hydrogen-bond acceptors (Lipinski definition) is 3. The lowest BCUT2D eigenvalue weighted by atomic mass is 9.99. The molecule has 0 spiro atoms. The monoisotopic (exact) mass is 357 g/mol. The first-order valence-corrected chi connectivity index (χ1v) is 7.63. The maximum atomic E-state index is 11.8. The van der Waals surface area contributed by atoms with Gasteiger partial charge in [-0.15, -0.1) is 0 Å². The largest absolute Gasteiger partial charge is 0.493 e. The Labute approximate surface area is 132 Å². The Morgan fingerprint density at radius 2 is 1.95 bits per heavy atom. The van der Waals surface area contributed by atoms with Crippen molar-refractivity contribution < 1.29 is 19.4 Å². The van der Waals surface area contributed by atoms with Crippen molar-refractivity contribution in [2.24, 2.45) is 5.92 Å². The number of carbonyl (C=O) groups is 2. The van der Waals surface area contributed by atoms with Crippen LogP contribution in [0.2, 0.25) is 0 Å². The van der Waals surface area contributed by atoms with E-state index >= 15 is 0 Å². The Bertz CT molecular complexity index is 475. The molecule has 1 amide bonds. The summed E-state index contributed by atoms with van der Waals surface area (Å²) in [5, 5.41) is 11.6. The highest BCUT2D eigenvalue weighted by atomic mass is 79.9. The van der Waals surface area contributed by atoms with E-state index in [-0.39, 0.29) is 24.9 Å². The van der Waals surface area contributed by atoms with Crippen LogP contribution in [0.4, 0.5) is 0 Å².